The van der Waals surface area contributed by atoms with E-state index < -0.39 is 0 Å². The summed E-state index contributed by atoms with van der Waals surface area (Å²) >= 11 is 0. The number of anilines is 1. The van der Waals surface area contributed by atoms with E-state index in [4.69, 9.17) is 4.74 Å². The molecule has 6 nitrogen and oxygen atoms in total. The predicted octanol–water partition coefficient (Wildman–Crippen LogP) is 1.47. The van der Waals surface area contributed by atoms with E-state index >= 15 is 0 Å². The summed E-state index contributed by atoms with van der Waals surface area (Å²) in [6, 6.07) is 4.06. The lowest BCUT2D eigenvalue weighted by atomic mass is 10.2. The van der Waals surface area contributed by atoms with Gasteiger partial charge in [-0.05, 0) is 24.1 Å². The Morgan fingerprint density at radius 1 is 1.38 bits per heavy atom. The summed E-state index contributed by atoms with van der Waals surface area (Å²) < 4.78 is 5.01. The molecule has 0 radical (unpaired) electrons. The number of hydrogen-bond acceptors (Lipinski definition) is 4. The molecule has 0 saturated carbocycles. The molecule has 1 rings (SSSR count). The van der Waals surface area contributed by atoms with Crippen LogP contribution in [0.5, 0.6) is 0 Å². The molecule has 0 amide bonds. The van der Waals surface area contributed by atoms with E-state index in [9.17, 15) is 0 Å². The van der Waals surface area contributed by atoms with Gasteiger partial charge in [0, 0.05) is 54.1 Å². The molecular formula is C14H26IN5O. The molecule has 21 heavy (non-hydrogen) atoms. The second-order valence-electron chi connectivity index (χ2n) is 4.62. The van der Waals surface area contributed by atoms with Crippen LogP contribution in [-0.2, 0) is 11.3 Å². The smallest absolute Gasteiger partial charge is 0.191 e. The molecule has 1 aromatic heterocycles. The molecule has 1 heterocycles. The topological polar surface area (TPSA) is 61.8 Å². The van der Waals surface area contributed by atoms with Crippen LogP contribution in [-0.4, -0.2) is 52.3 Å². The Morgan fingerprint density at radius 3 is 2.76 bits per heavy atom. The van der Waals surface area contributed by atoms with Crippen molar-refractivity contribution in [3.63, 3.8) is 0 Å². The molecule has 0 atom stereocenters. The average Bonchev–Trinajstić information content (AvgIpc) is 2.47. The number of ether oxygens (including phenoxy) is 1. The number of methoxy groups -OCH3 is 1. The van der Waals surface area contributed by atoms with Crippen LogP contribution in [0.15, 0.2) is 23.3 Å². The third-order valence-electron chi connectivity index (χ3n) is 2.77. The highest BCUT2D eigenvalue weighted by Gasteiger charge is 2.01. The first-order chi connectivity index (χ1) is 9.67. The van der Waals surface area contributed by atoms with E-state index in [0.29, 0.717) is 6.54 Å². The van der Waals surface area contributed by atoms with Gasteiger partial charge in [0.05, 0.1) is 0 Å². The summed E-state index contributed by atoms with van der Waals surface area (Å²) in [7, 11) is 7.44. The zero-order valence-corrected chi connectivity index (χ0v) is 15.5. The van der Waals surface area contributed by atoms with E-state index in [2.05, 4.69) is 26.7 Å². The first-order valence-corrected chi connectivity index (χ1v) is 6.73. The lowest BCUT2D eigenvalue weighted by Crippen LogP contribution is -2.37. The molecule has 0 aliphatic carbocycles. The highest BCUT2D eigenvalue weighted by Crippen LogP contribution is 2.08. The van der Waals surface area contributed by atoms with E-state index in [-0.39, 0.29) is 24.0 Å². The first kappa shape index (κ1) is 19.9. The van der Waals surface area contributed by atoms with Crippen LogP contribution in [0.4, 0.5) is 5.82 Å². The lowest BCUT2D eigenvalue weighted by Gasteiger charge is -2.14. The third-order valence-corrected chi connectivity index (χ3v) is 2.77. The Balaban J connectivity index is 0.00000400. The Hall–Kier alpha value is -1.09. The number of aliphatic imine (C=N–C) groups is 1. The van der Waals surface area contributed by atoms with Gasteiger partial charge in [0.25, 0.3) is 0 Å². The third kappa shape index (κ3) is 8.05. The minimum absolute atomic E-state index is 0. The van der Waals surface area contributed by atoms with Crippen molar-refractivity contribution in [2.24, 2.45) is 4.99 Å². The van der Waals surface area contributed by atoms with E-state index in [1.54, 1.807) is 14.2 Å². The van der Waals surface area contributed by atoms with Gasteiger partial charge >= 0.3 is 0 Å². The fraction of sp³-hybridized carbons (Fsp3) is 0.571. The zero-order valence-electron chi connectivity index (χ0n) is 13.2. The number of rotatable bonds is 7. The van der Waals surface area contributed by atoms with Crippen LogP contribution in [0.3, 0.4) is 0 Å². The normalized spacial score (nSPS) is 10.8. The van der Waals surface area contributed by atoms with Crippen LogP contribution in [0.1, 0.15) is 12.0 Å². The summed E-state index contributed by atoms with van der Waals surface area (Å²) in [6.45, 7) is 2.31. The maximum Gasteiger partial charge on any atom is 0.191 e. The molecule has 1 aromatic rings. The van der Waals surface area contributed by atoms with Crippen molar-refractivity contribution in [2.75, 3.05) is 46.3 Å². The molecule has 0 aliphatic rings. The van der Waals surface area contributed by atoms with Crippen LogP contribution in [0.25, 0.3) is 0 Å². The van der Waals surface area contributed by atoms with Crippen LogP contribution in [0, 0.1) is 0 Å². The maximum atomic E-state index is 5.01. The fourth-order valence-corrected chi connectivity index (χ4v) is 1.64. The van der Waals surface area contributed by atoms with Crippen molar-refractivity contribution >= 4 is 35.8 Å². The molecule has 0 spiro atoms. The van der Waals surface area contributed by atoms with Crippen molar-refractivity contribution in [3.8, 4) is 0 Å². The van der Waals surface area contributed by atoms with Gasteiger partial charge in [-0.2, -0.15) is 0 Å². The fourth-order valence-electron chi connectivity index (χ4n) is 1.64. The van der Waals surface area contributed by atoms with Gasteiger partial charge in [0.15, 0.2) is 5.96 Å². The molecule has 0 unspecified atom stereocenters. The molecular weight excluding hydrogens is 381 g/mol. The summed E-state index contributed by atoms with van der Waals surface area (Å²) in [4.78, 5) is 10.5. The summed E-state index contributed by atoms with van der Waals surface area (Å²) in [6.07, 6.45) is 2.78. The second-order valence-corrected chi connectivity index (χ2v) is 4.62. The summed E-state index contributed by atoms with van der Waals surface area (Å²) in [5.74, 6) is 1.75. The Kier molecular flexibility index (Phi) is 11.0. The summed E-state index contributed by atoms with van der Waals surface area (Å²) in [5.41, 5.74) is 1.17. The van der Waals surface area contributed by atoms with Gasteiger partial charge in [-0.15, -0.1) is 24.0 Å². The second kappa shape index (κ2) is 11.6. The highest BCUT2D eigenvalue weighted by molar-refractivity contribution is 14.0. The van der Waals surface area contributed by atoms with Gasteiger partial charge in [-0.3, -0.25) is 4.99 Å². The largest absolute Gasteiger partial charge is 0.385 e. The van der Waals surface area contributed by atoms with Crippen molar-refractivity contribution in [2.45, 2.75) is 13.0 Å². The Labute approximate surface area is 144 Å². The van der Waals surface area contributed by atoms with E-state index in [1.165, 1.54) is 5.56 Å². The number of nitrogens with zero attached hydrogens (tertiary/aromatic N) is 3. The van der Waals surface area contributed by atoms with Gasteiger partial charge in [-0.25, -0.2) is 4.98 Å². The quantitative estimate of drug-likeness (QED) is 0.310. The molecule has 2 N–H and O–H groups in total. The molecule has 7 heteroatoms. The van der Waals surface area contributed by atoms with Crippen LogP contribution < -0.4 is 15.5 Å². The predicted molar refractivity (Wildman–Crippen MR) is 98.7 cm³/mol. The number of hydrogen-bond donors (Lipinski definition) is 2. The number of halogens is 1. The SMILES string of the molecule is CN=C(NCCCOC)NCc1ccnc(N(C)C)c1.I. The molecule has 0 bridgehead atoms. The van der Waals surface area contributed by atoms with Crippen LogP contribution >= 0.6 is 24.0 Å². The number of pyridine rings is 1. The van der Waals surface area contributed by atoms with Crippen molar-refractivity contribution in [1.29, 1.82) is 0 Å². The van der Waals surface area contributed by atoms with Gasteiger partial charge < -0.3 is 20.3 Å². The zero-order chi connectivity index (χ0) is 14.8. The Bertz CT molecular complexity index is 426. The van der Waals surface area contributed by atoms with Gasteiger partial charge in [0.2, 0.25) is 0 Å². The monoisotopic (exact) mass is 407 g/mol. The van der Waals surface area contributed by atoms with Crippen molar-refractivity contribution < 1.29 is 4.74 Å². The van der Waals surface area contributed by atoms with E-state index in [0.717, 1.165) is 31.3 Å². The molecule has 120 valence electrons. The van der Waals surface area contributed by atoms with E-state index in [1.807, 2.05) is 31.3 Å². The van der Waals surface area contributed by atoms with Gasteiger partial charge in [0.1, 0.15) is 5.82 Å². The number of aromatic nitrogens is 1. The molecule has 0 fully saturated rings. The number of guanidine groups is 1. The minimum Gasteiger partial charge on any atom is -0.385 e. The number of nitrogens with one attached hydrogen (secondary N) is 2. The molecule has 0 aromatic carbocycles. The Morgan fingerprint density at radius 2 is 2.14 bits per heavy atom. The lowest BCUT2D eigenvalue weighted by molar-refractivity contribution is 0.195. The minimum atomic E-state index is 0. The van der Waals surface area contributed by atoms with Crippen molar-refractivity contribution in [3.05, 3.63) is 23.9 Å². The molecule has 0 saturated heterocycles. The van der Waals surface area contributed by atoms with Crippen molar-refractivity contribution in [1.82, 2.24) is 15.6 Å². The highest BCUT2D eigenvalue weighted by atomic mass is 127. The first-order valence-electron chi connectivity index (χ1n) is 6.73. The summed E-state index contributed by atoms with van der Waals surface area (Å²) in [5, 5.41) is 6.53. The molecule has 0 aliphatic heterocycles. The van der Waals surface area contributed by atoms with Gasteiger partial charge in [-0.1, -0.05) is 0 Å². The maximum absolute atomic E-state index is 5.01. The average molecular weight is 407 g/mol. The van der Waals surface area contributed by atoms with Crippen LogP contribution in [0.2, 0.25) is 0 Å². The standard InChI is InChI=1S/C14H25N5O.HI/c1-15-14(17-7-5-9-20-4)18-11-12-6-8-16-13(10-12)19(2)3;/h6,8,10H,5,7,9,11H2,1-4H3,(H2,15,17,18);1H.